The van der Waals surface area contributed by atoms with E-state index in [0.29, 0.717) is 18.4 Å². The topological polar surface area (TPSA) is 48.0 Å². The Morgan fingerprint density at radius 3 is 2.20 bits per heavy atom. The molecule has 0 atom stereocenters. The normalized spacial score (nSPS) is 11.7. The largest absolute Gasteiger partial charge is 0.358 e. The number of Topliss-reactive ketones (excluding diaryl/α,β-unsaturated/α-hetero) is 1. The predicted octanol–water partition coefficient (Wildman–Crippen LogP) is 0.944. The Bertz CT molecular complexity index is 178. The first-order valence-corrected chi connectivity index (χ1v) is 6.05. The van der Waals surface area contributed by atoms with E-state index in [1.807, 2.05) is 13.8 Å². The van der Waals surface area contributed by atoms with Crippen molar-refractivity contribution in [3.63, 3.8) is 0 Å². The minimum atomic E-state index is 0.152. The van der Waals surface area contributed by atoms with Crippen LogP contribution in [0.4, 0.5) is 0 Å². The average Bonchev–Trinajstić information content (AvgIpc) is 2.15. The van der Waals surface area contributed by atoms with Crippen molar-refractivity contribution in [2.75, 3.05) is 19.6 Å². The molecule has 0 aliphatic rings. The van der Waals surface area contributed by atoms with Gasteiger partial charge in [0.15, 0.2) is 0 Å². The molecule has 0 aromatic rings. The highest BCUT2D eigenvalue weighted by Crippen LogP contribution is 2.04. The zero-order valence-electron chi connectivity index (χ0n) is 10.8. The van der Waals surface area contributed by atoms with Crippen LogP contribution in [0.25, 0.3) is 0 Å². The lowest BCUT2D eigenvalue weighted by Gasteiger charge is -2.26. The third-order valence-electron chi connectivity index (χ3n) is 2.68. The van der Waals surface area contributed by atoms with E-state index >= 15 is 0 Å². The average molecular weight is 215 g/mol. The zero-order valence-corrected chi connectivity index (χ0v) is 10.8. The van der Waals surface area contributed by atoms with Gasteiger partial charge < -0.3 is 5.73 Å². The van der Waals surface area contributed by atoms with Gasteiger partial charge in [-0.15, -0.1) is 0 Å². The van der Waals surface area contributed by atoms with E-state index in [1.54, 1.807) is 0 Å². The summed E-state index contributed by atoms with van der Waals surface area (Å²) in [6, 6.07) is 0.456. The van der Waals surface area contributed by atoms with Crippen LogP contribution >= 0.6 is 0 Å². The van der Waals surface area contributed by atoms with Crippen molar-refractivity contribution in [2.45, 2.75) is 46.6 Å². The highest BCUT2D eigenvalue weighted by atomic mass is 16.1. The van der Waals surface area contributed by atoms with E-state index < -0.39 is 0 Å². The van der Waals surface area contributed by atoms with Crippen molar-refractivity contribution >= 4 is 5.78 Å². The number of hydrogen-bond donors (Lipinski definition) is 1. The lowest BCUT2D eigenvalue weighted by Crippen LogP contribution is -2.50. The molecule has 15 heavy (non-hydrogen) atoms. The van der Waals surface area contributed by atoms with Crippen molar-refractivity contribution in [1.82, 2.24) is 4.90 Å². The van der Waals surface area contributed by atoms with Crippen LogP contribution in [-0.2, 0) is 4.79 Å². The third kappa shape index (κ3) is 6.63. The molecular formula is C12H27N2O+. The number of carbonyl (C=O) groups is 1. The summed E-state index contributed by atoms with van der Waals surface area (Å²) >= 11 is 0. The maximum atomic E-state index is 11.6. The molecule has 3 N–H and O–H groups in total. The summed E-state index contributed by atoms with van der Waals surface area (Å²) in [5.74, 6) is 0.498. The SMILES string of the molecule is CC(C)C(=O)CN(CCCC[NH3+])C(C)C. The van der Waals surface area contributed by atoms with Gasteiger partial charge in [0.1, 0.15) is 5.78 Å². The first kappa shape index (κ1) is 14.6. The maximum absolute atomic E-state index is 11.6. The Morgan fingerprint density at radius 2 is 1.80 bits per heavy atom. The van der Waals surface area contributed by atoms with E-state index in [2.05, 4.69) is 24.5 Å². The second-order valence-electron chi connectivity index (χ2n) is 4.75. The fourth-order valence-corrected chi connectivity index (χ4v) is 1.39. The number of carbonyl (C=O) groups excluding carboxylic acids is 1. The lowest BCUT2D eigenvalue weighted by molar-refractivity contribution is -0.368. The molecule has 3 nitrogen and oxygen atoms in total. The number of unbranched alkanes of at least 4 members (excludes halogenated alkanes) is 1. The summed E-state index contributed by atoms with van der Waals surface area (Å²) in [4.78, 5) is 13.9. The van der Waals surface area contributed by atoms with Crippen LogP contribution in [0.1, 0.15) is 40.5 Å². The third-order valence-corrected chi connectivity index (χ3v) is 2.68. The van der Waals surface area contributed by atoms with E-state index in [4.69, 9.17) is 0 Å². The van der Waals surface area contributed by atoms with Gasteiger partial charge in [-0.1, -0.05) is 13.8 Å². The number of hydrogen-bond acceptors (Lipinski definition) is 2. The molecule has 0 aromatic carbocycles. The number of rotatable bonds is 8. The van der Waals surface area contributed by atoms with Gasteiger partial charge in [0.2, 0.25) is 0 Å². The van der Waals surface area contributed by atoms with E-state index in [-0.39, 0.29) is 5.92 Å². The molecule has 0 heterocycles. The number of ketones is 1. The summed E-state index contributed by atoms with van der Waals surface area (Å²) in [6.07, 6.45) is 2.30. The van der Waals surface area contributed by atoms with E-state index in [1.165, 1.54) is 0 Å². The Balaban J connectivity index is 3.99. The monoisotopic (exact) mass is 215 g/mol. The molecule has 0 saturated carbocycles. The maximum Gasteiger partial charge on any atom is 0.149 e. The van der Waals surface area contributed by atoms with Crippen LogP contribution in [0.2, 0.25) is 0 Å². The van der Waals surface area contributed by atoms with Crippen molar-refractivity contribution < 1.29 is 10.5 Å². The van der Waals surface area contributed by atoms with Gasteiger partial charge in [-0.3, -0.25) is 9.69 Å². The minimum absolute atomic E-state index is 0.152. The summed E-state index contributed by atoms with van der Waals surface area (Å²) in [7, 11) is 0. The molecule has 90 valence electrons. The zero-order chi connectivity index (χ0) is 11.8. The molecule has 0 fully saturated rings. The molecule has 0 aliphatic carbocycles. The molecule has 0 aromatic heterocycles. The van der Waals surface area contributed by atoms with E-state index in [9.17, 15) is 4.79 Å². The van der Waals surface area contributed by atoms with Gasteiger partial charge in [-0.25, -0.2) is 0 Å². The van der Waals surface area contributed by atoms with Gasteiger partial charge >= 0.3 is 0 Å². The molecule has 0 unspecified atom stereocenters. The van der Waals surface area contributed by atoms with Crippen LogP contribution in [0.5, 0.6) is 0 Å². The van der Waals surface area contributed by atoms with Crippen molar-refractivity contribution in [3.05, 3.63) is 0 Å². The van der Waals surface area contributed by atoms with Crippen molar-refractivity contribution in [3.8, 4) is 0 Å². The molecular weight excluding hydrogens is 188 g/mol. The van der Waals surface area contributed by atoms with Crippen LogP contribution in [0.3, 0.4) is 0 Å². The standard InChI is InChI=1S/C12H26N2O/c1-10(2)12(15)9-14(11(3)4)8-6-5-7-13/h10-11H,5-9,13H2,1-4H3/p+1. The summed E-state index contributed by atoms with van der Waals surface area (Å²) in [6.45, 7) is 10.9. The predicted molar refractivity (Wildman–Crippen MR) is 63.5 cm³/mol. The van der Waals surface area contributed by atoms with Gasteiger partial charge in [0.05, 0.1) is 13.1 Å². The van der Waals surface area contributed by atoms with Crippen LogP contribution in [-0.4, -0.2) is 36.4 Å². The molecule has 0 rings (SSSR count). The Kier molecular flexibility index (Phi) is 7.61. The molecule has 0 spiro atoms. The molecule has 3 heteroatoms. The smallest absolute Gasteiger partial charge is 0.149 e. The lowest BCUT2D eigenvalue weighted by atomic mass is 10.1. The number of quaternary nitrogens is 1. The van der Waals surface area contributed by atoms with Gasteiger partial charge in [0, 0.05) is 12.0 Å². The first-order chi connectivity index (χ1) is 6.99. The molecule has 0 bridgehead atoms. The van der Waals surface area contributed by atoms with Crippen LogP contribution < -0.4 is 5.73 Å². The first-order valence-electron chi connectivity index (χ1n) is 6.05. The van der Waals surface area contributed by atoms with E-state index in [0.717, 1.165) is 25.9 Å². The fraction of sp³-hybridized carbons (Fsp3) is 0.917. The quantitative estimate of drug-likeness (QED) is 0.613. The Morgan fingerprint density at radius 1 is 1.20 bits per heavy atom. The molecule has 0 saturated heterocycles. The summed E-state index contributed by atoms with van der Waals surface area (Å²) in [5, 5.41) is 0. The van der Waals surface area contributed by atoms with Crippen LogP contribution in [0, 0.1) is 5.92 Å². The molecule has 0 amide bonds. The molecule has 0 aliphatic heterocycles. The summed E-state index contributed by atoms with van der Waals surface area (Å²) < 4.78 is 0. The van der Waals surface area contributed by atoms with Crippen LogP contribution in [0.15, 0.2) is 0 Å². The Hall–Kier alpha value is -0.410. The second-order valence-corrected chi connectivity index (χ2v) is 4.75. The Labute approximate surface area is 94.0 Å². The highest BCUT2D eigenvalue weighted by molar-refractivity contribution is 5.82. The van der Waals surface area contributed by atoms with Gasteiger partial charge in [-0.05, 0) is 33.2 Å². The van der Waals surface area contributed by atoms with Gasteiger partial charge in [0.25, 0.3) is 0 Å². The fourth-order valence-electron chi connectivity index (χ4n) is 1.39. The second kappa shape index (κ2) is 7.83. The minimum Gasteiger partial charge on any atom is -0.358 e. The van der Waals surface area contributed by atoms with Gasteiger partial charge in [-0.2, -0.15) is 0 Å². The van der Waals surface area contributed by atoms with Crippen molar-refractivity contribution in [2.24, 2.45) is 5.92 Å². The van der Waals surface area contributed by atoms with Crippen molar-refractivity contribution in [1.29, 1.82) is 0 Å². The molecule has 0 radical (unpaired) electrons. The number of nitrogens with zero attached hydrogens (tertiary/aromatic N) is 1. The summed E-state index contributed by atoms with van der Waals surface area (Å²) in [5.41, 5.74) is 3.83. The highest BCUT2D eigenvalue weighted by Gasteiger charge is 2.15.